The normalized spacial score (nSPS) is 10.6. The molecule has 0 saturated carbocycles. The zero-order valence-electron chi connectivity index (χ0n) is 10.7. The van der Waals surface area contributed by atoms with Crippen molar-refractivity contribution in [1.82, 2.24) is 0 Å². The van der Waals surface area contributed by atoms with E-state index in [2.05, 4.69) is 13.8 Å². The summed E-state index contributed by atoms with van der Waals surface area (Å²) in [4.78, 5) is 0. The molecule has 0 atom stereocenters. The molecule has 0 aliphatic carbocycles. The minimum absolute atomic E-state index is 0.314. The lowest BCUT2D eigenvalue weighted by atomic mass is 9.98. The lowest BCUT2D eigenvalue weighted by Gasteiger charge is -2.16. The van der Waals surface area contributed by atoms with E-state index < -0.39 is 0 Å². The first kappa shape index (κ1) is 13.1. The van der Waals surface area contributed by atoms with Crippen molar-refractivity contribution in [3.05, 3.63) is 29.3 Å². The van der Waals surface area contributed by atoms with Gasteiger partial charge in [-0.25, -0.2) is 0 Å². The van der Waals surface area contributed by atoms with Gasteiger partial charge in [-0.3, -0.25) is 0 Å². The first-order valence-electron chi connectivity index (χ1n) is 5.46. The van der Waals surface area contributed by atoms with E-state index in [1.54, 1.807) is 20.3 Å². The van der Waals surface area contributed by atoms with Crippen LogP contribution in [0.4, 0.5) is 0 Å². The second-order valence-corrected chi connectivity index (χ2v) is 3.96. The van der Waals surface area contributed by atoms with Gasteiger partial charge in [-0.2, -0.15) is 5.26 Å². The summed E-state index contributed by atoms with van der Waals surface area (Å²) >= 11 is 0. The fourth-order valence-electron chi connectivity index (χ4n) is 1.76. The van der Waals surface area contributed by atoms with Crippen molar-refractivity contribution in [3.63, 3.8) is 0 Å². The van der Waals surface area contributed by atoms with E-state index in [4.69, 9.17) is 14.7 Å². The standard InChI is InChI=1S/C14H17NO2/c1-10(2)14-12(16-3)8-11(6-5-7-15)9-13(14)17-4/h5-6,8-10H,1-4H3/b6-5+. The van der Waals surface area contributed by atoms with Crippen LogP contribution in [-0.4, -0.2) is 14.2 Å². The third kappa shape index (κ3) is 3.01. The number of hydrogen-bond acceptors (Lipinski definition) is 3. The summed E-state index contributed by atoms with van der Waals surface area (Å²) in [5, 5.41) is 8.52. The van der Waals surface area contributed by atoms with Crippen LogP contribution in [0.25, 0.3) is 6.08 Å². The van der Waals surface area contributed by atoms with Gasteiger partial charge in [0.1, 0.15) is 11.5 Å². The highest BCUT2D eigenvalue weighted by Crippen LogP contribution is 2.36. The van der Waals surface area contributed by atoms with Crippen molar-refractivity contribution in [2.45, 2.75) is 19.8 Å². The Labute approximate surface area is 102 Å². The zero-order chi connectivity index (χ0) is 12.8. The van der Waals surface area contributed by atoms with Gasteiger partial charge in [0.15, 0.2) is 0 Å². The Morgan fingerprint density at radius 3 is 2.06 bits per heavy atom. The number of nitriles is 1. The molecule has 1 aromatic rings. The van der Waals surface area contributed by atoms with Gasteiger partial charge in [-0.05, 0) is 29.7 Å². The Hall–Kier alpha value is -1.95. The molecule has 0 radical (unpaired) electrons. The quantitative estimate of drug-likeness (QED) is 0.746. The number of rotatable bonds is 4. The molecule has 0 N–H and O–H groups in total. The van der Waals surface area contributed by atoms with Crippen LogP contribution in [0.5, 0.6) is 11.5 Å². The number of hydrogen-bond donors (Lipinski definition) is 0. The van der Waals surface area contributed by atoms with Gasteiger partial charge in [-0.1, -0.05) is 13.8 Å². The molecule has 0 heterocycles. The van der Waals surface area contributed by atoms with E-state index >= 15 is 0 Å². The number of allylic oxidation sites excluding steroid dienone is 1. The monoisotopic (exact) mass is 231 g/mol. The predicted octanol–water partition coefficient (Wildman–Crippen LogP) is 3.36. The van der Waals surface area contributed by atoms with Gasteiger partial charge in [-0.15, -0.1) is 0 Å². The van der Waals surface area contributed by atoms with Crippen molar-refractivity contribution in [2.24, 2.45) is 0 Å². The van der Waals surface area contributed by atoms with Crippen LogP contribution in [0.15, 0.2) is 18.2 Å². The van der Waals surface area contributed by atoms with Crippen molar-refractivity contribution < 1.29 is 9.47 Å². The Morgan fingerprint density at radius 1 is 1.18 bits per heavy atom. The van der Waals surface area contributed by atoms with Gasteiger partial charge >= 0.3 is 0 Å². The Kier molecular flexibility index (Phi) is 4.59. The summed E-state index contributed by atoms with van der Waals surface area (Å²) in [6, 6.07) is 5.78. The van der Waals surface area contributed by atoms with Gasteiger partial charge in [0.05, 0.1) is 20.3 Å². The summed E-state index contributed by atoms with van der Waals surface area (Å²) < 4.78 is 10.7. The number of benzene rings is 1. The van der Waals surface area contributed by atoms with Gasteiger partial charge in [0.2, 0.25) is 0 Å². The molecule has 0 aliphatic rings. The smallest absolute Gasteiger partial charge is 0.126 e. The van der Waals surface area contributed by atoms with Crippen LogP contribution in [0, 0.1) is 11.3 Å². The van der Waals surface area contributed by atoms with E-state index in [0.29, 0.717) is 5.92 Å². The van der Waals surface area contributed by atoms with Crippen LogP contribution >= 0.6 is 0 Å². The second-order valence-electron chi connectivity index (χ2n) is 3.96. The van der Waals surface area contributed by atoms with Crippen LogP contribution in [0.1, 0.15) is 30.9 Å². The third-order valence-electron chi connectivity index (χ3n) is 2.49. The zero-order valence-corrected chi connectivity index (χ0v) is 10.7. The third-order valence-corrected chi connectivity index (χ3v) is 2.49. The Morgan fingerprint density at radius 2 is 1.71 bits per heavy atom. The van der Waals surface area contributed by atoms with Crippen LogP contribution in [0.2, 0.25) is 0 Å². The highest BCUT2D eigenvalue weighted by molar-refractivity contribution is 5.60. The number of nitrogens with zero attached hydrogens (tertiary/aromatic N) is 1. The number of methoxy groups -OCH3 is 2. The SMILES string of the molecule is COc1cc(/C=C/C#N)cc(OC)c1C(C)C. The van der Waals surface area contributed by atoms with Gasteiger partial charge < -0.3 is 9.47 Å². The summed E-state index contributed by atoms with van der Waals surface area (Å²) in [5.74, 6) is 1.89. The first-order valence-corrected chi connectivity index (χ1v) is 5.46. The molecule has 90 valence electrons. The molecule has 0 bridgehead atoms. The van der Waals surface area contributed by atoms with Crippen molar-refractivity contribution in [1.29, 1.82) is 5.26 Å². The molecule has 0 fully saturated rings. The molecular formula is C14H17NO2. The molecule has 0 spiro atoms. The van der Waals surface area contributed by atoms with Crippen LogP contribution in [0.3, 0.4) is 0 Å². The lowest BCUT2D eigenvalue weighted by Crippen LogP contribution is -1.99. The molecule has 0 aliphatic heterocycles. The highest BCUT2D eigenvalue weighted by Gasteiger charge is 2.14. The molecule has 0 unspecified atom stereocenters. The summed E-state index contributed by atoms with van der Waals surface area (Å²) in [5.41, 5.74) is 1.94. The van der Waals surface area contributed by atoms with Crippen molar-refractivity contribution in [2.75, 3.05) is 14.2 Å². The molecule has 0 amide bonds. The van der Waals surface area contributed by atoms with Crippen LogP contribution in [-0.2, 0) is 0 Å². The Balaban J connectivity index is 3.34. The van der Waals surface area contributed by atoms with E-state index in [1.165, 1.54) is 6.08 Å². The molecule has 17 heavy (non-hydrogen) atoms. The molecule has 3 heteroatoms. The van der Waals surface area contributed by atoms with Crippen LogP contribution < -0.4 is 9.47 Å². The molecule has 3 nitrogen and oxygen atoms in total. The van der Waals surface area contributed by atoms with Crippen molar-refractivity contribution >= 4 is 6.08 Å². The first-order chi connectivity index (χ1) is 8.13. The lowest BCUT2D eigenvalue weighted by molar-refractivity contribution is 0.382. The van der Waals surface area contributed by atoms with Crippen molar-refractivity contribution in [3.8, 4) is 17.6 Å². The van der Waals surface area contributed by atoms with E-state index in [1.807, 2.05) is 18.2 Å². The summed E-state index contributed by atoms with van der Waals surface area (Å²) in [6.07, 6.45) is 3.17. The van der Waals surface area contributed by atoms with E-state index in [9.17, 15) is 0 Å². The number of ether oxygens (including phenoxy) is 2. The minimum atomic E-state index is 0.314. The second kappa shape index (κ2) is 5.95. The largest absolute Gasteiger partial charge is 0.496 e. The summed E-state index contributed by atoms with van der Waals surface area (Å²) in [6.45, 7) is 4.18. The Bertz CT molecular complexity index is 431. The topological polar surface area (TPSA) is 42.2 Å². The molecule has 0 saturated heterocycles. The maximum absolute atomic E-state index is 8.52. The molecule has 1 rings (SSSR count). The average Bonchev–Trinajstić information content (AvgIpc) is 2.34. The highest BCUT2D eigenvalue weighted by atomic mass is 16.5. The maximum atomic E-state index is 8.52. The molecule has 0 aromatic heterocycles. The van der Waals surface area contributed by atoms with Gasteiger partial charge in [0.25, 0.3) is 0 Å². The van der Waals surface area contributed by atoms with Gasteiger partial charge in [0, 0.05) is 11.6 Å². The molecule has 1 aromatic carbocycles. The predicted molar refractivity (Wildman–Crippen MR) is 68.3 cm³/mol. The average molecular weight is 231 g/mol. The fraction of sp³-hybridized carbons (Fsp3) is 0.357. The van der Waals surface area contributed by atoms with E-state index in [0.717, 1.165) is 22.6 Å². The fourth-order valence-corrected chi connectivity index (χ4v) is 1.76. The maximum Gasteiger partial charge on any atom is 0.126 e. The molecular weight excluding hydrogens is 214 g/mol. The minimum Gasteiger partial charge on any atom is -0.496 e. The van der Waals surface area contributed by atoms with E-state index in [-0.39, 0.29) is 0 Å². The summed E-state index contributed by atoms with van der Waals surface area (Å²) in [7, 11) is 3.27.